The van der Waals surface area contributed by atoms with E-state index in [4.69, 9.17) is 10.5 Å². The van der Waals surface area contributed by atoms with Gasteiger partial charge in [-0.2, -0.15) is 0 Å². The Hall–Kier alpha value is -1.30. The summed E-state index contributed by atoms with van der Waals surface area (Å²) in [5.74, 6) is -1.53. The van der Waals surface area contributed by atoms with Crippen molar-refractivity contribution in [2.75, 3.05) is 19.3 Å². The maximum atomic E-state index is 13.4. The first kappa shape index (κ1) is 32.2. The number of hydrogen-bond acceptors (Lipinski definition) is 10. The molecule has 2 aliphatic heterocycles. The molecule has 2 saturated heterocycles. The van der Waals surface area contributed by atoms with Crippen LogP contribution in [0.4, 0.5) is 0 Å². The van der Waals surface area contributed by atoms with E-state index in [-0.39, 0.29) is 29.7 Å². The molecule has 220 valence electrons. The van der Waals surface area contributed by atoms with Gasteiger partial charge in [-0.25, -0.2) is 4.98 Å². The summed E-state index contributed by atoms with van der Waals surface area (Å²) in [6.45, 7) is 12.5. The van der Waals surface area contributed by atoms with Crippen LogP contribution in [0.5, 0.6) is 0 Å². The van der Waals surface area contributed by atoms with Crippen LogP contribution < -0.4 is 5.73 Å². The highest BCUT2D eigenvalue weighted by Crippen LogP contribution is 2.48. The smallest absolute Gasteiger partial charge is 0.309 e. The van der Waals surface area contributed by atoms with Gasteiger partial charge in [0.2, 0.25) is 0 Å². The van der Waals surface area contributed by atoms with Crippen molar-refractivity contribution in [1.29, 1.82) is 0 Å². The lowest BCUT2D eigenvalue weighted by Crippen LogP contribution is -2.45. The molecule has 8 atom stereocenters. The van der Waals surface area contributed by atoms with Gasteiger partial charge < -0.3 is 20.7 Å². The number of ketones is 1. The number of aromatic nitrogens is 1. The summed E-state index contributed by atoms with van der Waals surface area (Å²) in [5, 5.41) is 24.0. The summed E-state index contributed by atoms with van der Waals surface area (Å²) in [6, 6.07) is 0.189. The molecule has 0 radical (unpaired) electrons. The number of Topliss-reactive ketones (excluding diaryl/α,β-unsaturated/α-hetero) is 1. The summed E-state index contributed by atoms with van der Waals surface area (Å²) in [6.07, 6.45) is 4.32. The van der Waals surface area contributed by atoms with E-state index in [1.807, 2.05) is 31.6 Å². The summed E-state index contributed by atoms with van der Waals surface area (Å²) in [7, 11) is 0. The number of hydrogen-bond donors (Lipinski definition) is 3. The van der Waals surface area contributed by atoms with Gasteiger partial charge in [0.05, 0.1) is 29.7 Å². The normalized spacial score (nSPS) is 36.8. The van der Waals surface area contributed by atoms with Crippen molar-refractivity contribution in [2.45, 2.75) is 108 Å². The first-order valence-electron chi connectivity index (χ1n) is 14.0. The number of cyclic esters (lactones) is 1. The number of thiazole rings is 1. The van der Waals surface area contributed by atoms with Crippen molar-refractivity contribution in [3.63, 3.8) is 0 Å². The molecule has 8 nitrogen and oxygen atoms in total. The van der Waals surface area contributed by atoms with Crippen molar-refractivity contribution in [3.8, 4) is 0 Å². The van der Waals surface area contributed by atoms with Gasteiger partial charge >= 0.3 is 5.97 Å². The zero-order valence-electron chi connectivity index (χ0n) is 24.5. The number of aliphatic hydroxyl groups excluding tert-OH is 2. The molecule has 3 heterocycles. The van der Waals surface area contributed by atoms with E-state index in [0.717, 1.165) is 41.4 Å². The van der Waals surface area contributed by atoms with Crippen LogP contribution in [0.3, 0.4) is 0 Å². The minimum absolute atomic E-state index is 0.0688. The van der Waals surface area contributed by atoms with Crippen molar-refractivity contribution in [1.82, 2.24) is 9.88 Å². The maximum Gasteiger partial charge on any atom is 0.309 e. The van der Waals surface area contributed by atoms with E-state index in [9.17, 15) is 19.8 Å². The summed E-state index contributed by atoms with van der Waals surface area (Å²) in [4.78, 5) is 33.5. The monoisotopic (exact) mass is 581 g/mol. The van der Waals surface area contributed by atoms with Crippen LogP contribution in [0.25, 0.3) is 6.08 Å². The first-order valence-corrected chi connectivity index (χ1v) is 16.1. The molecule has 0 aliphatic carbocycles. The lowest BCUT2D eigenvalue weighted by Gasteiger charge is -2.34. The lowest BCUT2D eigenvalue weighted by molar-refractivity contribution is -0.154. The average Bonchev–Trinajstić information content (AvgIpc) is 3.19. The third-order valence-electron chi connectivity index (χ3n) is 9.00. The summed E-state index contributed by atoms with van der Waals surface area (Å²) >= 11 is 3.17. The topological polar surface area (TPSA) is 126 Å². The Morgan fingerprint density at radius 1 is 1.31 bits per heavy atom. The number of thioether (sulfide) groups is 1. The second-order valence-corrected chi connectivity index (χ2v) is 14.1. The third kappa shape index (κ3) is 7.32. The molecule has 0 aromatic carbocycles. The predicted octanol–water partition coefficient (Wildman–Crippen LogP) is 4.14. The van der Waals surface area contributed by atoms with Gasteiger partial charge in [-0.3, -0.25) is 14.5 Å². The van der Waals surface area contributed by atoms with Gasteiger partial charge in [0.25, 0.3) is 0 Å². The maximum absolute atomic E-state index is 13.4. The molecule has 0 saturated carbocycles. The van der Waals surface area contributed by atoms with Crippen molar-refractivity contribution in [2.24, 2.45) is 23.0 Å². The predicted molar refractivity (Wildman–Crippen MR) is 158 cm³/mol. The third-order valence-corrected chi connectivity index (χ3v) is 10.9. The Bertz CT molecular complexity index is 1040. The van der Waals surface area contributed by atoms with Crippen molar-refractivity contribution < 1.29 is 24.5 Å². The van der Waals surface area contributed by atoms with Gasteiger partial charge in [0.15, 0.2) is 0 Å². The van der Waals surface area contributed by atoms with Crippen LogP contribution in [0, 0.1) is 17.3 Å². The van der Waals surface area contributed by atoms with E-state index in [2.05, 4.69) is 16.8 Å². The number of rotatable bonds is 5. The van der Waals surface area contributed by atoms with E-state index < -0.39 is 35.6 Å². The second kappa shape index (κ2) is 13.1. The number of carbonyl (C=O) groups is 2. The van der Waals surface area contributed by atoms with Crippen LogP contribution in [0.1, 0.15) is 79.3 Å². The van der Waals surface area contributed by atoms with Gasteiger partial charge in [-0.1, -0.05) is 45.9 Å². The van der Waals surface area contributed by atoms with E-state index >= 15 is 0 Å². The van der Waals surface area contributed by atoms with E-state index in [1.165, 1.54) is 0 Å². The first-order chi connectivity index (χ1) is 18.3. The quantitative estimate of drug-likeness (QED) is 0.267. The fourth-order valence-corrected chi connectivity index (χ4v) is 7.30. The minimum Gasteiger partial charge on any atom is -0.458 e. The highest BCUT2D eigenvalue weighted by atomic mass is 32.2. The number of fused-ring (bicyclic) bond motifs is 1. The molecule has 39 heavy (non-hydrogen) atoms. The van der Waals surface area contributed by atoms with Gasteiger partial charge in [0.1, 0.15) is 16.2 Å². The molecule has 4 N–H and O–H groups in total. The van der Waals surface area contributed by atoms with Gasteiger partial charge in [0, 0.05) is 42.4 Å². The van der Waals surface area contributed by atoms with Crippen LogP contribution in [0.2, 0.25) is 0 Å². The zero-order chi connectivity index (χ0) is 29.1. The number of nitrogens with zero attached hydrogens (tertiary/aromatic N) is 2. The molecule has 0 bridgehead atoms. The van der Waals surface area contributed by atoms with Crippen LogP contribution in [-0.2, 0) is 14.3 Å². The molecule has 1 unspecified atom stereocenters. The molecule has 3 rings (SSSR count). The molecular formula is C29H47N3O5S2. The molecule has 0 spiro atoms. The molecule has 10 heteroatoms. The van der Waals surface area contributed by atoms with Crippen LogP contribution >= 0.6 is 23.1 Å². The molecule has 1 aromatic rings. The molecule has 0 amide bonds. The fourth-order valence-electron chi connectivity index (χ4n) is 6.08. The van der Waals surface area contributed by atoms with Gasteiger partial charge in [-0.15, -0.1) is 11.3 Å². The van der Waals surface area contributed by atoms with Gasteiger partial charge in [-0.05, 0) is 50.5 Å². The lowest BCUT2D eigenvalue weighted by atomic mass is 9.73. The Morgan fingerprint density at radius 3 is 2.62 bits per heavy atom. The number of carbonyl (C=O) groups excluding carboxylic acids is 2. The Balaban J connectivity index is 1.93. The van der Waals surface area contributed by atoms with Crippen molar-refractivity contribution in [3.05, 3.63) is 16.6 Å². The Kier molecular flexibility index (Phi) is 10.8. The summed E-state index contributed by atoms with van der Waals surface area (Å²) < 4.78 is 7.00. The second-order valence-electron chi connectivity index (χ2n) is 12.2. The van der Waals surface area contributed by atoms with E-state index in [1.54, 1.807) is 43.9 Å². The molecule has 1 aromatic heterocycles. The number of ether oxygens (including phenoxy) is 1. The van der Waals surface area contributed by atoms with Crippen molar-refractivity contribution >= 4 is 40.9 Å². The number of nitrogens with two attached hydrogens (primary N) is 1. The van der Waals surface area contributed by atoms with E-state index in [0.29, 0.717) is 13.0 Å². The average molecular weight is 582 g/mol. The standard InChI is InChI=1S/C29H47N3O5S2/c1-17-9-8-10-29(6)22(32(29)12-11-30)14-21(18(2)13-20-16-39-27(31-20)38-7)37-24(34)15-23(33)28(4,5)26(36)19(3)25(17)35/h13,16-17,19,21-23,25,33,35H,8-12,14-15,30H2,1-7H3/b18-13+/t17-,19+,21-,22-,23-,25-,29+,32?/m0/s1. The van der Waals surface area contributed by atoms with Crippen LogP contribution in [0.15, 0.2) is 15.3 Å². The minimum atomic E-state index is -1.23. The molecule has 2 fully saturated rings. The largest absolute Gasteiger partial charge is 0.458 e. The Morgan fingerprint density at radius 2 is 2.00 bits per heavy atom. The fraction of sp³-hybridized carbons (Fsp3) is 0.759. The summed E-state index contributed by atoms with van der Waals surface area (Å²) in [5.41, 5.74) is 6.38. The highest BCUT2D eigenvalue weighted by molar-refractivity contribution is 8.00. The SMILES string of the molecule is CSc1nc(/C=C(\C)[C@@H]2C[C@@H]3N(CCN)[C@]3(C)CCC[C@H](C)[C@H](O)[C@@H](C)C(=O)C(C)(C)[C@@H](O)CC(=O)O2)cs1. The Labute approximate surface area is 241 Å². The molecular weight excluding hydrogens is 534 g/mol. The number of esters is 1. The zero-order valence-corrected chi connectivity index (χ0v) is 26.1. The molecule has 2 aliphatic rings. The van der Waals surface area contributed by atoms with Crippen LogP contribution in [-0.4, -0.2) is 81.1 Å². The number of aliphatic hydroxyl groups is 2. The highest BCUT2D eigenvalue weighted by Gasteiger charge is 2.58.